The van der Waals surface area contributed by atoms with Crippen LogP contribution in [-0.4, -0.2) is 38.6 Å². The topological polar surface area (TPSA) is 70.7 Å². The fourth-order valence-electron chi connectivity index (χ4n) is 1.98. The molecule has 108 valence electrons. The Morgan fingerprint density at radius 2 is 2.10 bits per heavy atom. The van der Waals surface area contributed by atoms with Crippen LogP contribution in [0.15, 0.2) is 24.3 Å². The Bertz CT molecular complexity index is 496. The normalized spacial score (nSPS) is 17.6. The van der Waals surface area contributed by atoms with Gasteiger partial charge in [-0.1, -0.05) is 6.07 Å². The average molecular weight is 277 g/mol. The molecule has 1 fully saturated rings. The van der Waals surface area contributed by atoms with Crippen molar-refractivity contribution in [1.29, 1.82) is 0 Å². The van der Waals surface area contributed by atoms with Crippen LogP contribution in [0.1, 0.15) is 23.2 Å². The fraction of sp³-hybridized carbons (Fsp3) is 0.429. The summed E-state index contributed by atoms with van der Waals surface area (Å²) in [5, 5.41) is 0. The first-order chi connectivity index (χ1) is 9.58. The Balaban J connectivity index is 1.91. The first-order valence-electron chi connectivity index (χ1n) is 6.57. The van der Waals surface area contributed by atoms with Gasteiger partial charge in [0.2, 0.25) is 0 Å². The van der Waals surface area contributed by atoms with Crippen LogP contribution in [-0.2, 0) is 9.53 Å². The molecule has 2 N–H and O–H groups in total. The monoisotopic (exact) mass is 277 g/mol. The van der Waals surface area contributed by atoms with E-state index in [4.69, 9.17) is 4.74 Å². The smallest absolute Gasteiger partial charge is 0.269 e. The molecule has 6 heteroatoms. The largest absolute Gasteiger partial charge is 0.378 e. The first-order valence-corrected chi connectivity index (χ1v) is 6.57. The van der Waals surface area contributed by atoms with Crippen molar-refractivity contribution < 1.29 is 14.3 Å². The lowest BCUT2D eigenvalue weighted by molar-refractivity contribution is -0.130. The zero-order valence-corrected chi connectivity index (χ0v) is 11.7. The van der Waals surface area contributed by atoms with E-state index < -0.39 is 6.10 Å². The number of anilines is 1. The number of hydrogen-bond donors (Lipinski definition) is 2. The maximum Gasteiger partial charge on any atom is 0.269 e. The average Bonchev–Trinajstić information content (AvgIpc) is 2.98. The summed E-state index contributed by atoms with van der Waals surface area (Å²) >= 11 is 0. The van der Waals surface area contributed by atoms with Crippen LogP contribution in [0.2, 0.25) is 0 Å². The molecule has 0 radical (unpaired) electrons. The van der Waals surface area contributed by atoms with E-state index >= 15 is 0 Å². The fourth-order valence-corrected chi connectivity index (χ4v) is 1.98. The summed E-state index contributed by atoms with van der Waals surface area (Å²) in [7, 11) is 3.80. The molecule has 20 heavy (non-hydrogen) atoms. The zero-order valence-electron chi connectivity index (χ0n) is 11.7. The molecule has 1 aromatic rings. The highest BCUT2D eigenvalue weighted by atomic mass is 16.5. The van der Waals surface area contributed by atoms with Crippen molar-refractivity contribution in [2.75, 3.05) is 25.6 Å². The van der Waals surface area contributed by atoms with E-state index in [0.717, 1.165) is 12.1 Å². The minimum atomic E-state index is -0.455. The molecular weight excluding hydrogens is 258 g/mol. The summed E-state index contributed by atoms with van der Waals surface area (Å²) in [6.45, 7) is 0.594. The van der Waals surface area contributed by atoms with Crippen LogP contribution in [0.25, 0.3) is 0 Å². The molecular formula is C14H19N3O3. The predicted molar refractivity (Wildman–Crippen MR) is 75.4 cm³/mol. The number of nitrogens with one attached hydrogen (secondary N) is 2. The molecule has 2 rings (SSSR count). The van der Waals surface area contributed by atoms with Gasteiger partial charge in [0.25, 0.3) is 11.8 Å². The Morgan fingerprint density at radius 1 is 1.30 bits per heavy atom. The predicted octanol–water partition coefficient (Wildman–Crippen LogP) is 0.693. The third kappa shape index (κ3) is 3.48. The summed E-state index contributed by atoms with van der Waals surface area (Å²) in [4.78, 5) is 25.6. The van der Waals surface area contributed by atoms with Gasteiger partial charge in [-0.2, -0.15) is 0 Å². The molecule has 0 unspecified atom stereocenters. The molecule has 1 aliphatic rings. The van der Waals surface area contributed by atoms with E-state index in [9.17, 15) is 9.59 Å². The van der Waals surface area contributed by atoms with Gasteiger partial charge in [-0.15, -0.1) is 0 Å². The van der Waals surface area contributed by atoms with E-state index in [-0.39, 0.29) is 11.8 Å². The standard InChI is InChI=1S/C14H19N3O3/c1-17(2)11-6-3-5-10(9-11)13(18)15-16-14(19)12-7-4-8-20-12/h3,5-6,9,12H,4,7-8H2,1-2H3,(H,15,18)(H,16,19)/t12-/m0/s1. The van der Waals surface area contributed by atoms with Crippen LogP contribution >= 0.6 is 0 Å². The van der Waals surface area contributed by atoms with E-state index in [0.29, 0.717) is 18.6 Å². The minimum Gasteiger partial charge on any atom is -0.378 e. The molecule has 0 aromatic heterocycles. The molecule has 0 aliphatic carbocycles. The number of hydrogen-bond acceptors (Lipinski definition) is 4. The highest BCUT2D eigenvalue weighted by molar-refractivity contribution is 5.96. The number of benzene rings is 1. The van der Waals surface area contributed by atoms with Gasteiger partial charge in [-0.3, -0.25) is 20.4 Å². The van der Waals surface area contributed by atoms with Crippen molar-refractivity contribution in [2.24, 2.45) is 0 Å². The Labute approximate surface area is 118 Å². The van der Waals surface area contributed by atoms with Gasteiger partial charge < -0.3 is 9.64 Å². The SMILES string of the molecule is CN(C)c1cccc(C(=O)NNC(=O)[C@@H]2CCCO2)c1. The number of carbonyl (C=O) groups excluding carboxylic acids is 2. The highest BCUT2D eigenvalue weighted by Crippen LogP contribution is 2.13. The van der Waals surface area contributed by atoms with E-state index in [1.54, 1.807) is 18.2 Å². The summed E-state index contributed by atoms with van der Waals surface area (Å²) in [5.41, 5.74) is 6.21. The third-order valence-electron chi connectivity index (χ3n) is 3.15. The van der Waals surface area contributed by atoms with Crippen molar-refractivity contribution in [3.05, 3.63) is 29.8 Å². The van der Waals surface area contributed by atoms with Gasteiger partial charge in [0.05, 0.1) is 0 Å². The number of hydrazine groups is 1. The van der Waals surface area contributed by atoms with Gasteiger partial charge in [0.1, 0.15) is 6.10 Å². The van der Waals surface area contributed by atoms with Crippen molar-refractivity contribution in [3.63, 3.8) is 0 Å². The van der Waals surface area contributed by atoms with E-state index in [2.05, 4.69) is 10.9 Å². The maximum absolute atomic E-state index is 12.0. The third-order valence-corrected chi connectivity index (χ3v) is 3.15. The Morgan fingerprint density at radius 3 is 2.75 bits per heavy atom. The molecule has 1 atom stereocenters. The second-order valence-corrected chi connectivity index (χ2v) is 4.89. The Hall–Kier alpha value is -2.08. The maximum atomic E-state index is 12.0. The molecule has 0 saturated carbocycles. The second kappa shape index (κ2) is 6.38. The molecule has 1 aromatic carbocycles. The number of amides is 2. The molecule has 0 spiro atoms. The van der Waals surface area contributed by atoms with Gasteiger partial charge in [0, 0.05) is 32.0 Å². The highest BCUT2D eigenvalue weighted by Gasteiger charge is 2.23. The number of carbonyl (C=O) groups is 2. The quantitative estimate of drug-likeness (QED) is 0.798. The Kier molecular flexibility index (Phi) is 4.57. The van der Waals surface area contributed by atoms with Crippen molar-refractivity contribution in [2.45, 2.75) is 18.9 Å². The van der Waals surface area contributed by atoms with Gasteiger partial charge in [-0.25, -0.2) is 0 Å². The number of nitrogens with zero attached hydrogens (tertiary/aromatic N) is 1. The van der Waals surface area contributed by atoms with Gasteiger partial charge in [0.15, 0.2) is 0 Å². The summed E-state index contributed by atoms with van der Waals surface area (Å²) < 4.78 is 5.23. The summed E-state index contributed by atoms with van der Waals surface area (Å²) in [6.07, 6.45) is 1.11. The van der Waals surface area contributed by atoms with Crippen LogP contribution in [0.5, 0.6) is 0 Å². The first kappa shape index (κ1) is 14.3. The lowest BCUT2D eigenvalue weighted by Gasteiger charge is -2.14. The van der Waals surface area contributed by atoms with Crippen molar-refractivity contribution in [3.8, 4) is 0 Å². The summed E-state index contributed by atoms with van der Waals surface area (Å²) in [6, 6.07) is 7.15. The molecule has 2 amide bonds. The molecule has 0 bridgehead atoms. The molecule has 1 saturated heterocycles. The van der Waals surface area contributed by atoms with Crippen LogP contribution in [0, 0.1) is 0 Å². The molecule has 1 aliphatic heterocycles. The lowest BCUT2D eigenvalue weighted by Crippen LogP contribution is -2.46. The van der Waals surface area contributed by atoms with E-state index in [1.807, 2.05) is 25.1 Å². The van der Waals surface area contributed by atoms with Gasteiger partial charge >= 0.3 is 0 Å². The second-order valence-electron chi connectivity index (χ2n) is 4.89. The number of ether oxygens (including phenoxy) is 1. The van der Waals surface area contributed by atoms with Crippen LogP contribution < -0.4 is 15.8 Å². The van der Waals surface area contributed by atoms with Gasteiger partial charge in [-0.05, 0) is 31.0 Å². The van der Waals surface area contributed by atoms with Crippen molar-refractivity contribution >= 4 is 17.5 Å². The number of rotatable bonds is 3. The zero-order chi connectivity index (χ0) is 14.5. The minimum absolute atomic E-state index is 0.306. The van der Waals surface area contributed by atoms with Crippen LogP contribution in [0.4, 0.5) is 5.69 Å². The van der Waals surface area contributed by atoms with Crippen molar-refractivity contribution in [1.82, 2.24) is 10.9 Å². The van der Waals surface area contributed by atoms with E-state index in [1.165, 1.54) is 0 Å². The lowest BCUT2D eigenvalue weighted by atomic mass is 10.2. The van der Waals surface area contributed by atoms with Crippen LogP contribution in [0.3, 0.4) is 0 Å². The summed E-state index contributed by atoms with van der Waals surface area (Å²) in [5.74, 6) is -0.653. The molecule has 6 nitrogen and oxygen atoms in total. The molecule has 1 heterocycles.